The van der Waals surface area contributed by atoms with Crippen LogP contribution in [0.25, 0.3) is 10.9 Å². The van der Waals surface area contributed by atoms with E-state index in [0.29, 0.717) is 12.5 Å². The summed E-state index contributed by atoms with van der Waals surface area (Å²) in [5, 5.41) is 1.00. The van der Waals surface area contributed by atoms with Gasteiger partial charge in [0.1, 0.15) is 11.3 Å². The minimum absolute atomic E-state index is 0.360. The molecule has 0 spiro atoms. The van der Waals surface area contributed by atoms with E-state index in [4.69, 9.17) is 15.6 Å². The maximum absolute atomic E-state index is 5.73. The van der Waals surface area contributed by atoms with Crippen LogP contribution in [0.15, 0.2) is 18.2 Å². The molecule has 0 aliphatic rings. The normalized spacial score (nSPS) is 11.1. The third-order valence-corrected chi connectivity index (χ3v) is 3.23. The highest BCUT2D eigenvalue weighted by atomic mass is 16.5. The van der Waals surface area contributed by atoms with Gasteiger partial charge in [-0.3, -0.25) is 5.84 Å². The van der Waals surface area contributed by atoms with E-state index in [1.807, 2.05) is 32.0 Å². The Labute approximate surface area is 113 Å². The lowest BCUT2D eigenvalue weighted by Crippen LogP contribution is -2.13. The zero-order valence-electron chi connectivity index (χ0n) is 11.9. The summed E-state index contributed by atoms with van der Waals surface area (Å²) in [5.74, 6) is 6.89. The van der Waals surface area contributed by atoms with Gasteiger partial charge in [0.25, 0.3) is 0 Å². The summed E-state index contributed by atoms with van der Waals surface area (Å²) in [6.07, 6.45) is 0. The highest BCUT2D eigenvalue weighted by molar-refractivity contribution is 5.96. The van der Waals surface area contributed by atoms with Crippen LogP contribution in [0.4, 0.5) is 5.69 Å². The lowest BCUT2D eigenvalue weighted by Gasteiger charge is -2.18. The summed E-state index contributed by atoms with van der Waals surface area (Å²) in [6, 6.07) is 5.92. The van der Waals surface area contributed by atoms with Crippen LogP contribution in [-0.4, -0.2) is 11.6 Å². The monoisotopic (exact) mass is 259 g/mol. The number of nitrogen functional groups attached to an aromatic ring is 1. The summed E-state index contributed by atoms with van der Waals surface area (Å²) in [6.45, 7) is 8.89. The van der Waals surface area contributed by atoms with Crippen molar-refractivity contribution in [3.05, 3.63) is 29.5 Å². The van der Waals surface area contributed by atoms with Gasteiger partial charge in [0.15, 0.2) is 0 Å². The van der Waals surface area contributed by atoms with Gasteiger partial charge in [0, 0.05) is 16.6 Å². The molecule has 3 N–H and O–H groups in total. The number of anilines is 1. The summed E-state index contributed by atoms with van der Waals surface area (Å²) >= 11 is 0. The summed E-state index contributed by atoms with van der Waals surface area (Å²) in [4.78, 5) is 4.70. The number of aryl methyl sites for hydroxylation is 1. The number of aromatic nitrogens is 1. The van der Waals surface area contributed by atoms with Gasteiger partial charge in [-0.2, -0.15) is 0 Å². The molecule has 1 aromatic carbocycles. The molecule has 4 nitrogen and oxygen atoms in total. The van der Waals surface area contributed by atoms with Crippen molar-refractivity contribution < 1.29 is 4.74 Å². The molecule has 2 aromatic rings. The van der Waals surface area contributed by atoms with Crippen LogP contribution < -0.4 is 16.0 Å². The maximum atomic E-state index is 5.73. The Bertz CT molecular complexity index is 593. The van der Waals surface area contributed by atoms with Crippen LogP contribution >= 0.6 is 0 Å². The van der Waals surface area contributed by atoms with Crippen LogP contribution in [0.1, 0.15) is 37.9 Å². The summed E-state index contributed by atoms with van der Waals surface area (Å²) < 4.78 is 5.64. The molecule has 0 bridgehead atoms. The Hall–Kier alpha value is -1.81. The molecule has 19 heavy (non-hydrogen) atoms. The number of hydrogen-bond donors (Lipinski definition) is 2. The standard InChI is InChI=1S/C15H21N3O/c1-5-19-12-8-6-7-11-14(12)17-10(4)13(9(2)3)15(11)18-16/h6-9H,5,16H2,1-4H3,(H,17,18). The lowest BCUT2D eigenvalue weighted by atomic mass is 9.97. The number of benzene rings is 1. The van der Waals surface area contributed by atoms with Crippen molar-refractivity contribution in [1.82, 2.24) is 4.98 Å². The van der Waals surface area contributed by atoms with Crippen molar-refractivity contribution in [1.29, 1.82) is 0 Å². The van der Waals surface area contributed by atoms with Crippen LogP contribution in [0.3, 0.4) is 0 Å². The SMILES string of the molecule is CCOc1cccc2c(NN)c(C(C)C)c(C)nc12. The largest absolute Gasteiger partial charge is 0.492 e. The Balaban J connectivity index is 2.80. The van der Waals surface area contributed by atoms with E-state index < -0.39 is 0 Å². The van der Waals surface area contributed by atoms with Crippen molar-refractivity contribution in [2.24, 2.45) is 5.84 Å². The quantitative estimate of drug-likeness (QED) is 0.653. The van der Waals surface area contributed by atoms with Crippen LogP contribution in [0.5, 0.6) is 5.75 Å². The second kappa shape index (κ2) is 5.45. The minimum Gasteiger partial charge on any atom is -0.492 e. The smallest absolute Gasteiger partial charge is 0.145 e. The number of hydrazine groups is 1. The van der Waals surface area contributed by atoms with Crippen molar-refractivity contribution in [3.63, 3.8) is 0 Å². The molecule has 0 radical (unpaired) electrons. The molecule has 1 heterocycles. The number of nitrogens with two attached hydrogens (primary N) is 1. The van der Waals surface area contributed by atoms with Crippen LogP contribution in [0, 0.1) is 6.92 Å². The van der Waals surface area contributed by atoms with Crippen molar-refractivity contribution in [3.8, 4) is 5.75 Å². The van der Waals surface area contributed by atoms with Crippen LogP contribution in [-0.2, 0) is 0 Å². The lowest BCUT2D eigenvalue weighted by molar-refractivity contribution is 0.343. The fraction of sp³-hybridized carbons (Fsp3) is 0.400. The highest BCUT2D eigenvalue weighted by Gasteiger charge is 2.16. The number of rotatable bonds is 4. The third-order valence-electron chi connectivity index (χ3n) is 3.23. The molecular formula is C15H21N3O. The molecule has 0 saturated heterocycles. The Morgan fingerprint density at radius 2 is 2.11 bits per heavy atom. The molecule has 0 amide bonds. The fourth-order valence-corrected chi connectivity index (χ4v) is 2.53. The first-order valence-electron chi connectivity index (χ1n) is 6.62. The topological polar surface area (TPSA) is 60.2 Å². The number of pyridine rings is 1. The Morgan fingerprint density at radius 3 is 2.68 bits per heavy atom. The van der Waals surface area contributed by atoms with E-state index in [1.54, 1.807) is 0 Å². The molecule has 1 aromatic heterocycles. The molecule has 2 rings (SSSR count). The molecule has 0 unspecified atom stereocenters. The van der Waals surface area contributed by atoms with Crippen molar-refractivity contribution in [2.45, 2.75) is 33.6 Å². The average Bonchev–Trinajstić information content (AvgIpc) is 2.38. The van der Waals surface area contributed by atoms with Gasteiger partial charge in [-0.05, 0) is 25.8 Å². The van der Waals surface area contributed by atoms with Gasteiger partial charge in [0.05, 0.1) is 12.3 Å². The molecule has 4 heteroatoms. The molecule has 0 atom stereocenters. The Morgan fingerprint density at radius 1 is 1.37 bits per heavy atom. The minimum atomic E-state index is 0.360. The average molecular weight is 259 g/mol. The number of nitrogens with one attached hydrogen (secondary N) is 1. The summed E-state index contributed by atoms with van der Waals surface area (Å²) in [5.41, 5.74) is 6.78. The molecule has 0 fully saturated rings. The van der Waals surface area contributed by atoms with E-state index in [0.717, 1.165) is 33.6 Å². The zero-order valence-corrected chi connectivity index (χ0v) is 11.9. The molecule has 0 saturated carbocycles. The second-order valence-electron chi connectivity index (χ2n) is 4.87. The van der Waals surface area contributed by atoms with Gasteiger partial charge < -0.3 is 10.2 Å². The van der Waals surface area contributed by atoms with E-state index >= 15 is 0 Å². The highest BCUT2D eigenvalue weighted by Crippen LogP contribution is 2.36. The molecule has 102 valence electrons. The number of nitrogens with zero attached hydrogens (tertiary/aromatic N) is 1. The molecular weight excluding hydrogens is 238 g/mol. The molecule has 0 aliphatic heterocycles. The maximum Gasteiger partial charge on any atom is 0.145 e. The predicted molar refractivity (Wildman–Crippen MR) is 79.5 cm³/mol. The zero-order chi connectivity index (χ0) is 14.0. The fourth-order valence-electron chi connectivity index (χ4n) is 2.53. The van der Waals surface area contributed by atoms with Gasteiger partial charge in [-0.1, -0.05) is 26.0 Å². The third kappa shape index (κ3) is 2.36. The Kier molecular flexibility index (Phi) is 3.90. The van der Waals surface area contributed by atoms with Gasteiger partial charge in [-0.25, -0.2) is 4.98 Å². The van der Waals surface area contributed by atoms with E-state index in [9.17, 15) is 0 Å². The van der Waals surface area contributed by atoms with Crippen molar-refractivity contribution >= 4 is 16.6 Å². The number of fused-ring (bicyclic) bond motifs is 1. The van der Waals surface area contributed by atoms with Gasteiger partial charge in [0.2, 0.25) is 0 Å². The summed E-state index contributed by atoms with van der Waals surface area (Å²) in [7, 11) is 0. The second-order valence-corrected chi connectivity index (χ2v) is 4.87. The number of ether oxygens (including phenoxy) is 1. The van der Waals surface area contributed by atoms with Gasteiger partial charge >= 0.3 is 0 Å². The predicted octanol–water partition coefficient (Wildman–Crippen LogP) is 3.35. The molecule has 0 aliphatic carbocycles. The van der Waals surface area contributed by atoms with Gasteiger partial charge in [-0.15, -0.1) is 0 Å². The number of para-hydroxylation sites is 1. The van der Waals surface area contributed by atoms with E-state index in [-0.39, 0.29) is 0 Å². The van der Waals surface area contributed by atoms with Crippen molar-refractivity contribution in [2.75, 3.05) is 12.0 Å². The first kappa shape index (κ1) is 13.6. The first-order chi connectivity index (χ1) is 9.10. The van der Waals surface area contributed by atoms with Crippen LogP contribution in [0.2, 0.25) is 0 Å². The number of hydrogen-bond acceptors (Lipinski definition) is 4. The first-order valence-corrected chi connectivity index (χ1v) is 6.62. The van der Waals surface area contributed by atoms with E-state index in [2.05, 4.69) is 19.3 Å². The van der Waals surface area contributed by atoms with E-state index in [1.165, 1.54) is 0 Å².